The van der Waals surface area contributed by atoms with Gasteiger partial charge in [-0.05, 0) is 24.3 Å². The van der Waals surface area contributed by atoms with Crippen molar-refractivity contribution in [2.45, 2.75) is 12.8 Å². The summed E-state index contributed by atoms with van der Waals surface area (Å²) < 4.78 is 50.4. The van der Waals surface area contributed by atoms with E-state index in [9.17, 15) is 18.0 Å². The number of aryl methyl sites for hydroxylation is 1. The number of benzene rings is 2. The molecule has 9 heteroatoms. The molecular formula is C18H14F3N3O3. The Hall–Kier alpha value is -3.36. The second kappa shape index (κ2) is 7.90. The number of rotatable bonds is 6. The van der Waals surface area contributed by atoms with Gasteiger partial charge in [-0.15, -0.1) is 10.2 Å². The van der Waals surface area contributed by atoms with Crippen molar-refractivity contribution in [3.63, 3.8) is 0 Å². The number of amides is 1. The predicted molar refractivity (Wildman–Crippen MR) is 89.6 cm³/mol. The van der Waals surface area contributed by atoms with Crippen LogP contribution in [0.5, 0.6) is 5.75 Å². The number of carbonyl (C=O) groups excluding carboxylic acids is 1. The molecule has 1 N–H and O–H groups in total. The summed E-state index contributed by atoms with van der Waals surface area (Å²) in [7, 11) is 1.51. The molecule has 1 heterocycles. The van der Waals surface area contributed by atoms with Crippen LogP contribution >= 0.6 is 0 Å². The van der Waals surface area contributed by atoms with Gasteiger partial charge in [0.05, 0.1) is 18.4 Å². The number of para-hydroxylation sites is 1. The third-order valence-electron chi connectivity index (χ3n) is 3.68. The molecule has 0 atom stereocenters. The second-order valence-corrected chi connectivity index (χ2v) is 5.47. The van der Waals surface area contributed by atoms with Gasteiger partial charge in [0.2, 0.25) is 11.8 Å². The van der Waals surface area contributed by atoms with Crippen molar-refractivity contribution in [2.75, 3.05) is 12.4 Å². The highest BCUT2D eigenvalue weighted by molar-refractivity contribution is 5.90. The first-order valence-electron chi connectivity index (χ1n) is 7.88. The number of hydrogen-bond acceptors (Lipinski definition) is 5. The van der Waals surface area contributed by atoms with Crippen LogP contribution in [0.1, 0.15) is 12.3 Å². The lowest BCUT2D eigenvalue weighted by Gasteiger charge is -2.06. The van der Waals surface area contributed by atoms with Crippen molar-refractivity contribution < 1.29 is 27.1 Å². The summed E-state index contributed by atoms with van der Waals surface area (Å²) in [4.78, 5) is 11.9. The normalized spacial score (nSPS) is 10.7. The standard InChI is InChI=1S/C18H14F3N3O3/c1-26-13-5-3-2-4-10(13)18-24-23-15(27-18)9-8-14(25)22-12-7-6-11(19)16(20)17(12)21/h2-7H,8-9H2,1H3,(H,22,25). The van der Waals surface area contributed by atoms with E-state index in [1.54, 1.807) is 24.3 Å². The Morgan fingerprint density at radius 2 is 1.89 bits per heavy atom. The van der Waals surface area contributed by atoms with E-state index < -0.39 is 29.0 Å². The first-order chi connectivity index (χ1) is 13.0. The zero-order valence-corrected chi connectivity index (χ0v) is 14.1. The van der Waals surface area contributed by atoms with Gasteiger partial charge in [0.1, 0.15) is 5.75 Å². The van der Waals surface area contributed by atoms with Crippen LogP contribution < -0.4 is 10.1 Å². The van der Waals surface area contributed by atoms with Crippen molar-refractivity contribution in [1.82, 2.24) is 10.2 Å². The van der Waals surface area contributed by atoms with Crippen LogP contribution in [0, 0.1) is 17.5 Å². The molecule has 0 spiro atoms. The van der Waals surface area contributed by atoms with Crippen molar-refractivity contribution >= 4 is 11.6 Å². The number of methoxy groups -OCH3 is 1. The van der Waals surface area contributed by atoms with Crippen molar-refractivity contribution in [3.05, 3.63) is 59.7 Å². The molecule has 0 radical (unpaired) electrons. The molecule has 3 aromatic rings. The summed E-state index contributed by atoms with van der Waals surface area (Å²) in [5, 5.41) is 9.94. The minimum atomic E-state index is -1.65. The molecule has 1 aromatic heterocycles. The molecule has 0 aliphatic rings. The number of hydrogen-bond donors (Lipinski definition) is 1. The summed E-state index contributed by atoms with van der Waals surface area (Å²) in [5.41, 5.74) is 0.159. The van der Waals surface area contributed by atoms with Crippen LogP contribution in [0.25, 0.3) is 11.5 Å². The highest BCUT2D eigenvalue weighted by atomic mass is 19.2. The van der Waals surface area contributed by atoms with E-state index in [0.717, 1.165) is 12.1 Å². The van der Waals surface area contributed by atoms with E-state index >= 15 is 0 Å². The maximum atomic E-state index is 13.6. The van der Waals surface area contributed by atoms with Gasteiger partial charge in [0, 0.05) is 12.8 Å². The van der Waals surface area contributed by atoms with Gasteiger partial charge >= 0.3 is 0 Å². The number of nitrogens with zero attached hydrogens (tertiary/aromatic N) is 2. The van der Waals surface area contributed by atoms with Gasteiger partial charge in [-0.2, -0.15) is 0 Å². The molecule has 0 saturated carbocycles. The van der Waals surface area contributed by atoms with E-state index in [1.807, 2.05) is 0 Å². The molecule has 0 bridgehead atoms. The van der Waals surface area contributed by atoms with Crippen LogP contribution in [-0.2, 0) is 11.2 Å². The highest BCUT2D eigenvalue weighted by Gasteiger charge is 2.17. The van der Waals surface area contributed by atoms with Crippen LogP contribution in [0.15, 0.2) is 40.8 Å². The number of halogens is 3. The smallest absolute Gasteiger partial charge is 0.251 e. The number of carbonyl (C=O) groups is 1. The molecular weight excluding hydrogens is 363 g/mol. The van der Waals surface area contributed by atoms with Crippen molar-refractivity contribution in [3.8, 4) is 17.2 Å². The van der Waals surface area contributed by atoms with E-state index in [1.165, 1.54) is 7.11 Å². The van der Waals surface area contributed by atoms with E-state index in [-0.39, 0.29) is 24.6 Å². The molecule has 2 aromatic carbocycles. The molecule has 140 valence electrons. The Morgan fingerprint density at radius 1 is 1.11 bits per heavy atom. The van der Waals surface area contributed by atoms with Gasteiger partial charge in [0.25, 0.3) is 5.89 Å². The Kier molecular flexibility index (Phi) is 5.39. The Balaban J connectivity index is 1.63. The number of nitrogens with one attached hydrogen (secondary N) is 1. The van der Waals surface area contributed by atoms with Gasteiger partial charge < -0.3 is 14.5 Å². The SMILES string of the molecule is COc1ccccc1-c1nnc(CCC(=O)Nc2ccc(F)c(F)c2F)o1. The second-order valence-electron chi connectivity index (χ2n) is 5.47. The van der Waals surface area contributed by atoms with E-state index in [0.29, 0.717) is 11.3 Å². The lowest BCUT2D eigenvalue weighted by Crippen LogP contribution is -2.14. The molecule has 1 amide bonds. The lowest BCUT2D eigenvalue weighted by atomic mass is 10.2. The Morgan fingerprint density at radius 3 is 2.67 bits per heavy atom. The topological polar surface area (TPSA) is 77.2 Å². The molecule has 6 nitrogen and oxygen atoms in total. The summed E-state index contributed by atoms with van der Waals surface area (Å²) >= 11 is 0. The lowest BCUT2D eigenvalue weighted by molar-refractivity contribution is -0.116. The number of ether oxygens (including phenoxy) is 1. The van der Waals surface area contributed by atoms with E-state index in [4.69, 9.17) is 9.15 Å². The summed E-state index contributed by atoms with van der Waals surface area (Å²) in [6.07, 6.45) is -0.0364. The quantitative estimate of drug-likeness (QED) is 0.663. The highest BCUT2D eigenvalue weighted by Crippen LogP contribution is 2.28. The van der Waals surface area contributed by atoms with Gasteiger partial charge in [-0.1, -0.05) is 12.1 Å². The first-order valence-corrected chi connectivity index (χ1v) is 7.88. The molecule has 0 saturated heterocycles. The van der Waals surface area contributed by atoms with Crippen LogP contribution in [0.3, 0.4) is 0 Å². The maximum Gasteiger partial charge on any atom is 0.251 e. The average Bonchev–Trinajstić information content (AvgIpc) is 3.15. The van der Waals surface area contributed by atoms with Crippen LogP contribution in [0.4, 0.5) is 18.9 Å². The molecule has 0 aliphatic carbocycles. The monoisotopic (exact) mass is 377 g/mol. The number of anilines is 1. The van der Waals surface area contributed by atoms with E-state index in [2.05, 4.69) is 15.5 Å². The predicted octanol–water partition coefficient (Wildman–Crippen LogP) is 3.73. The Bertz CT molecular complexity index is 975. The van der Waals surface area contributed by atoms with Crippen molar-refractivity contribution in [1.29, 1.82) is 0 Å². The summed E-state index contributed by atoms with van der Waals surface area (Å²) in [6.45, 7) is 0. The molecule has 0 unspecified atom stereocenters. The zero-order chi connectivity index (χ0) is 19.4. The molecule has 3 rings (SSSR count). The zero-order valence-electron chi connectivity index (χ0n) is 14.1. The average molecular weight is 377 g/mol. The van der Waals surface area contributed by atoms with Crippen LogP contribution in [0.2, 0.25) is 0 Å². The minimum absolute atomic E-state index is 0.0826. The van der Waals surface area contributed by atoms with Gasteiger partial charge in [0.15, 0.2) is 17.5 Å². The third-order valence-corrected chi connectivity index (χ3v) is 3.68. The fraction of sp³-hybridized carbons (Fsp3) is 0.167. The van der Waals surface area contributed by atoms with Crippen molar-refractivity contribution in [2.24, 2.45) is 0 Å². The van der Waals surface area contributed by atoms with Crippen LogP contribution in [-0.4, -0.2) is 23.2 Å². The first kappa shape index (κ1) is 18.4. The number of aromatic nitrogens is 2. The maximum absolute atomic E-state index is 13.6. The third kappa shape index (κ3) is 4.08. The molecule has 27 heavy (non-hydrogen) atoms. The summed E-state index contributed by atoms with van der Waals surface area (Å²) in [5.74, 6) is -4.08. The van der Waals surface area contributed by atoms with Gasteiger partial charge in [-0.3, -0.25) is 4.79 Å². The van der Waals surface area contributed by atoms with Gasteiger partial charge in [-0.25, -0.2) is 13.2 Å². The fourth-order valence-electron chi connectivity index (χ4n) is 2.34. The molecule has 0 aliphatic heterocycles. The minimum Gasteiger partial charge on any atom is -0.496 e. The largest absolute Gasteiger partial charge is 0.496 e. The molecule has 0 fully saturated rings. The fourth-order valence-corrected chi connectivity index (χ4v) is 2.34. The summed E-state index contributed by atoms with van der Waals surface area (Å²) in [6, 6.07) is 8.73. The Labute approximate surface area is 152 Å².